The zero-order valence-electron chi connectivity index (χ0n) is 23.5. The van der Waals surface area contributed by atoms with Crippen LogP contribution in [0.2, 0.25) is 0 Å². The van der Waals surface area contributed by atoms with Crippen LogP contribution in [0.25, 0.3) is 11.1 Å². The highest BCUT2D eigenvalue weighted by Gasteiger charge is 2.64. The summed E-state index contributed by atoms with van der Waals surface area (Å²) in [6, 6.07) is 35.9. The molecule has 3 aliphatic rings. The summed E-state index contributed by atoms with van der Waals surface area (Å²) in [7, 11) is 0. The van der Waals surface area contributed by atoms with Crippen molar-refractivity contribution in [1.82, 2.24) is 0 Å². The third-order valence-electron chi connectivity index (χ3n) is 9.52. The van der Waals surface area contributed by atoms with E-state index in [9.17, 15) is 4.79 Å². The highest BCUT2D eigenvalue weighted by Crippen LogP contribution is 2.62. The van der Waals surface area contributed by atoms with Crippen LogP contribution in [0, 0.1) is 12.8 Å². The lowest BCUT2D eigenvalue weighted by atomic mass is 9.57. The molecule has 198 valence electrons. The summed E-state index contributed by atoms with van der Waals surface area (Å²) < 4.78 is 0. The van der Waals surface area contributed by atoms with Crippen LogP contribution in [0.3, 0.4) is 0 Å². The molecule has 0 amide bonds. The second-order valence-corrected chi connectivity index (χ2v) is 12.1. The van der Waals surface area contributed by atoms with E-state index in [-0.39, 0.29) is 17.1 Å². The Hall–Kier alpha value is -4.17. The first kappa shape index (κ1) is 24.8. The van der Waals surface area contributed by atoms with Gasteiger partial charge in [-0.2, -0.15) is 0 Å². The van der Waals surface area contributed by atoms with Gasteiger partial charge in [0.05, 0.1) is 11.5 Å². The summed E-state index contributed by atoms with van der Waals surface area (Å²) >= 11 is 0. The fourth-order valence-corrected chi connectivity index (χ4v) is 7.72. The third-order valence-corrected chi connectivity index (χ3v) is 9.52. The standard InChI is InChI=1S/C38H35NO/c1-26-22-30-20-13-21-39-35(30)33(23-26)37(2,3)38(39)25-31(27-14-7-4-8-15-27)24-32(28-16-9-5-10-17-28)34(38)36(40)29-18-11-6-12-19-29/h4-12,14-19,22-25,34H,13,20-21H2,1-3H3/t34-,38-/m0/s1. The molecular weight excluding hydrogens is 486 g/mol. The average molecular weight is 522 g/mol. The summed E-state index contributed by atoms with van der Waals surface area (Å²) in [5, 5.41) is 0. The van der Waals surface area contributed by atoms with Gasteiger partial charge in [-0.05, 0) is 65.3 Å². The van der Waals surface area contributed by atoms with Crippen LogP contribution in [-0.2, 0) is 11.8 Å². The SMILES string of the molecule is Cc1cc2c3c(c1)C(C)(C)[C@@]1(C=C(c4ccccc4)C=C(c4ccccc4)[C@H]1C(=O)c1ccccc1)N3CCC2. The van der Waals surface area contributed by atoms with Crippen molar-refractivity contribution in [3.63, 3.8) is 0 Å². The summed E-state index contributed by atoms with van der Waals surface area (Å²) in [6.07, 6.45) is 6.92. The molecule has 2 atom stereocenters. The van der Waals surface area contributed by atoms with Gasteiger partial charge in [0.1, 0.15) is 0 Å². The van der Waals surface area contributed by atoms with Crippen molar-refractivity contribution < 1.29 is 4.79 Å². The number of allylic oxidation sites excluding steroid dienone is 2. The van der Waals surface area contributed by atoms with E-state index in [1.54, 1.807) is 0 Å². The fraction of sp³-hybridized carbons (Fsp3) is 0.237. The van der Waals surface area contributed by atoms with Crippen LogP contribution in [0.4, 0.5) is 5.69 Å². The highest BCUT2D eigenvalue weighted by atomic mass is 16.1. The number of nitrogens with zero attached hydrogens (tertiary/aromatic N) is 1. The first-order chi connectivity index (χ1) is 19.4. The Bertz CT molecular complexity index is 1660. The second kappa shape index (κ2) is 9.20. The minimum atomic E-state index is -0.573. The Morgan fingerprint density at radius 3 is 2.12 bits per heavy atom. The number of rotatable bonds is 4. The van der Waals surface area contributed by atoms with Gasteiger partial charge in [-0.1, -0.05) is 123 Å². The molecule has 40 heavy (non-hydrogen) atoms. The topological polar surface area (TPSA) is 20.3 Å². The molecule has 0 radical (unpaired) electrons. The maximum atomic E-state index is 15.0. The van der Waals surface area contributed by atoms with Gasteiger partial charge < -0.3 is 4.90 Å². The van der Waals surface area contributed by atoms with Crippen LogP contribution in [0.15, 0.2) is 115 Å². The predicted molar refractivity (Wildman–Crippen MR) is 166 cm³/mol. The number of fused-ring (bicyclic) bond motifs is 1. The van der Waals surface area contributed by atoms with E-state index in [0.29, 0.717) is 0 Å². The molecule has 1 spiro atoms. The molecule has 2 aliphatic heterocycles. The molecule has 4 aromatic carbocycles. The summed E-state index contributed by atoms with van der Waals surface area (Å²) in [5.41, 5.74) is 9.88. The number of hydrogen-bond acceptors (Lipinski definition) is 2. The number of carbonyl (C=O) groups excluding carboxylic acids is 1. The zero-order chi connectivity index (χ0) is 27.5. The number of carbonyl (C=O) groups is 1. The Morgan fingerprint density at radius 1 is 0.825 bits per heavy atom. The lowest BCUT2D eigenvalue weighted by Crippen LogP contribution is -2.63. The minimum absolute atomic E-state index is 0.184. The summed E-state index contributed by atoms with van der Waals surface area (Å²) in [5.74, 6) is -0.192. The minimum Gasteiger partial charge on any atom is -0.360 e. The molecule has 1 aliphatic carbocycles. The van der Waals surface area contributed by atoms with Crippen molar-refractivity contribution >= 4 is 22.6 Å². The van der Waals surface area contributed by atoms with Crippen LogP contribution < -0.4 is 4.90 Å². The monoisotopic (exact) mass is 521 g/mol. The summed E-state index contributed by atoms with van der Waals surface area (Å²) in [6.45, 7) is 7.90. The van der Waals surface area contributed by atoms with Crippen molar-refractivity contribution in [2.75, 3.05) is 11.4 Å². The van der Waals surface area contributed by atoms with Gasteiger partial charge in [-0.25, -0.2) is 0 Å². The molecule has 7 rings (SSSR count). The number of aryl methyl sites for hydroxylation is 2. The lowest BCUT2D eigenvalue weighted by Gasteiger charge is -2.53. The fourth-order valence-electron chi connectivity index (χ4n) is 7.72. The van der Waals surface area contributed by atoms with Crippen LogP contribution >= 0.6 is 0 Å². The molecule has 0 bridgehead atoms. The number of anilines is 1. The molecule has 0 fully saturated rings. The molecule has 2 heteroatoms. The van der Waals surface area contributed by atoms with Crippen molar-refractivity contribution in [3.8, 4) is 0 Å². The van der Waals surface area contributed by atoms with Gasteiger partial charge in [0.2, 0.25) is 0 Å². The van der Waals surface area contributed by atoms with Gasteiger partial charge in [0, 0.05) is 23.2 Å². The maximum absolute atomic E-state index is 15.0. The van der Waals surface area contributed by atoms with E-state index in [1.165, 1.54) is 33.5 Å². The molecule has 0 saturated carbocycles. The molecule has 2 heterocycles. The quantitative estimate of drug-likeness (QED) is 0.251. The maximum Gasteiger partial charge on any atom is 0.173 e. The van der Waals surface area contributed by atoms with Gasteiger partial charge >= 0.3 is 0 Å². The molecule has 0 unspecified atom stereocenters. The number of hydrogen-bond donors (Lipinski definition) is 0. The molecule has 2 nitrogen and oxygen atoms in total. The molecule has 0 saturated heterocycles. The van der Waals surface area contributed by atoms with Gasteiger partial charge in [0.25, 0.3) is 0 Å². The molecular formula is C38H35NO. The largest absolute Gasteiger partial charge is 0.360 e. The first-order valence-corrected chi connectivity index (χ1v) is 14.5. The van der Waals surface area contributed by atoms with E-state index in [4.69, 9.17) is 0 Å². The first-order valence-electron chi connectivity index (χ1n) is 14.5. The highest BCUT2D eigenvalue weighted by molar-refractivity contribution is 6.10. The second-order valence-electron chi connectivity index (χ2n) is 12.1. The number of benzene rings is 4. The van der Waals surface area contributed by atoms with E-state index in [0.717, 1.165) is 36.1 Å². The van der Waals surface area contributed by atoms with E-state index < -0.39 is 5.54 Å². The Morgan fingerprint density at radius 2 is 1.45 bits per heavy atom. The number of ketones is 1. The van der Waals surface area contributed by atoms with E-state index in [1.807, 2.05) is 30.3 Å². The normalized spacial score (nSPS) is 22.5. The zero-order valence-corrected chi connectivity index (χ0v) is 23.5. The van der Waals surface area contributed by atoms with Crippen molar-refractivity contribution in [2.45, 2.75) is 44.6 Å². The predicted octanol–water partition coefficient (Wildman–Crippen LogP) is 8.46. The lowest BCUT2D eigenvalue weighted by molar-refractivity contribution is 0.0882. The van der Waals surface area contributed by atoms with Crippen molar-refractivity contribution in [1.29, 1.82) is 0 Å². The average Bonchev–Trinajstić information content (AvgIpc) is 3.17. The van der Waals surface area contributed by atoms with Gasteiger partial charge in [-0.15, -0.1) is 0 Å². The van der Waals surface area contributed by atoms with E-state index in [2.05, 4.69) is 111 Å². The Balaban J connectivity index is 1.58. The van der Waals surface area contributed by atoms with Crippen LogP contribution in [0.5, 0.6) is 0 Å². The third kappa shape index (κ3) is 3.52. The van der Waals surface area contributed by atoms with Gasteiger partial charge in [-0.3, -0.25) is 4.79 Å². The van der Waals surface area contributed by atoms with Crippen LogP contribution in [-0.4, -0.2) is 17.9 Å². The Labute approximate surface area is 237 Å². The number of Topliss-reactive ketones (excluding diaryl/α,β-unsaturated/α-hetero) is 1. The molecule has 0 N–H and O–H groups in total. The molecule has 0 aromatic heterocycles. The molecule has 4 aromatic rings. The van der Waals surface area contributed by atoms with Gasteiger partial charge in [0.15, 0.2) is 5.78 Å². The van der Waals surface area contributed by atoms with Crippen molar-refractivity contribution in [3.05, 3.63) is 149 Å². The Kier molecular flexibility index (Phi) is 5.71. The van der Waals surface area contributed by atoms with Crippen LogP contribution in [0.1, 0.15) is 58.4 Å². The van der Waals surface area contributed by atoms with E-state index >= 15 is 0 Å². The van der Waals surface area contributed by atoms with Crippen molar-refractivity contribution in [2.24, 2.45) is 5.92 Å². The summed E-state index contributed by atoms with van der Waals surface area (Å²) in [4.78, 5) is 17.6. The smallest absolute Gasteiger partial charge is 0.173 e.